The average molecular weight is 348 g/mol. The third-order valence-electron chi connectivity index (χ3n) is 4.64. The monoisotopic (exact) mass is 347 g/mol. The molecular formula is C17H21N3OS2. The van der Waals surface area contributed by atoms with E-state index in [-0.39, 0.29) is 11.2 Å². The van der Waals surface area contributed by atoms with Gasteiger partial charge in [-0.15, -0.1) is 11.3 Å². The molecule has 2 aromatic heterocycles. The fraction of sp³-hybridized carbons (Fsp3) is 0.588. The number of thioether (sulfide) groups is 1. The zero-order chi connectivity index (χ0) is 16.0. The summed E-state index contributed by atoms with van der Waals surface area (Å²) in [5.74, 6) is 0.879. The van der Waals surface area contributed by atoms with Crippen LogP contribution in [0.4, 0.5) is 0 Å². The van der Waals surface area contributed by atoms with E-state index in [0.29, 0.717) is 6.04 Å². The largest absolute Gasteiger partial charge is 0.352 e. The first kappa shape index (κ1) is 15.4. The van der Waals surface area contributed by atoms with E-state index in [1.165, 1.54) is 22.2 Å². The molecule has 0 saturated heterocycles. The van der Waals surface area contributed by atoms with Crippen LogP contribution >= 0.6 is 23.1 Å². The maximum absolute atomic E-state index is 12.2. The molecule has 1 fully saturated rings. The molecule has 2 aliphatic rings. The Hall–Kier alpha value is -1.14. The minimum absolute atomic E-state index is 0.119. The molecule has 2 aromatic rings. The van der Waals surface area contributed by atoms with Gasteiger partial charge in [-0.2, -0.15) is 0 Å². The first-order valence-electron chi connectivity index (χ1n) is 8.34. The number of hydrogen-bond donors (Lipinski definition) is 1. The number of carbonyl (C=O) groups is 1. The Kier molecular flexibility index (Phi) is 4.05. The molecule has 1 amide bonds. The average Bonchev–Trinajstić information content (AvgIpc) is 3.25. The van der Waals surface area contributed by atoms with Gasteiger partial charge in [0.05, 0.1) is 5.25 Å². The third kappa shape index (κ3) is 3.11. The number of amides is 1. The van der Waals surface area contributed by atoms with Crippen molar-refractivity contribution in [2.24, 2.45) is 5.92 Å². The van der Waals surface area contributed by atoms with Gasteiger partial charge in [-0.3, -0.25) is 4.79 Å². The van der Waals surface area contributed by atoms with Crippen LogP contribution in [0.15, 0.2) is 11.4 Å². The van der Waals surface area contributed by atoms with Gasteiger partial charge >= 0.3 is 0 Å². The maximum atomic E-state index is 12.2. The molecule has 0 spiro atoms. The number of aromatic nitrogens is 2. The van der Waals surface area contributed by atoms with Crippen molar-refractivity contribution in [3.8, 4) is 0 Å². The van der Waals surface area contributed by atoms with Crippen molar-refractivity contribution in [1.29, 1.82) is 0 Å². The molecule has 1 saturated carbocycles. The number of thiophene rings is 1. The Morgan fingerprint density at radius 2 is 2.22 bits per heavy atom. The fourth-order valence-electron chi connectivity index (χ4n) is 3.10. The summed E-state index contributed by atoms with van der Waals surface area (Å²) in [6.45, 7) is 4.29. The van der Waals surface area contributed by atoms with E-state index in [9.17, 15) is 4.79 Å². The summed E-state index contributed by atoms with van der Waals surface area (Å²) in [5, 5.41) is 5.14. The van der Waals surface area contributed by atoms with Crippen LogP contribution in [0, 0.1) is 5.92 Å². The third-order valence-corrected chi connectivity index (χ3v) is 6.90. The molecule has 4 rings (SSSR count). The highest BCUT2D eigenvalue weighted by Gasteiger charge is 2.28. The summed E-state index contributed by atoms with van der Waals surface area (Å²) in [6.07, 6.45) is 7.38. The lowest BCUT2D eigenvalue weighted by Gasteiger charge is -2.18. The first-order chi connectivity index (χ1) is 11.1. The molecule has 0 aliphatic heterocycles. The van der Waals surface area contributed by atoms with Gasteiger partial charge in [0.2, 0.25) is 5.91 Å². The molecule has 0 unspecified atom stereocenters. The summed E-state index contributed by atoms with van der Waals surface area (Å²) in [6, 6.07) is 0.409. The standard InChI is InChI=1S/C17H21N3OS2/c1-9-3-6-12-13(7-9)23-17-14(12)16(18-8-19-17)22-10(2)15(21)20-11-4-5-11/h8-11H,3-7H2,1-2H3,(H,20,21)/t9-,10-/m1/s1. The van der Waals surface area contributed by atoms with E-state index in [1.807, 2.05) is 18.3 Å². The summed E-state index contributed by atoms with van der Waals surface area (Å²) < 4.78 is 0. The van der Waals surface area contributed by atoms with E-state index >= 15 is 0 Å². The van der Waals surface area contributed by atoms with Crippen molar-refractivity contribution in [3.05, 3.63) is 16.8 Å². The molecule has 2 aliphatic carbocycles. The minimum atomic E-state index is -0.119. The van der Waals surface area contributed by atoms with Crippen LogP contribution in [0.1, 0.15) is 43.6 Å². The second-order valence-corrected chi connectivity index (χ2v) is 9.17. The molecule has 0 bridgehead atoms. The zero-order valence-corrected chi connectivity index (χ0v) is 15.1. The van der Waals surface area contributed by atoms with E-state index in [2.05, 4.69) is 22.2 Å². The topological polar surface area (TPSA) is 54.9 Å². The molecule has 2 atom stereocenters. The first-order valence-corrected chi connectivity index (χ1v) is 10.0. The highest BCUT2D eigenvalue weighted by atomic mass is 32.2. The van der Waals surface area contributed by atoms with Gasteiger partial charge in [-0.05, 0) is 50.5 Å². The van der Waals surface area contributed by atoms with Crippen LogP contribution in [0.3, 0.4) is 0 Å². The molecule has 122 valence electrons. The quantitative estimate of drug-likeness (QED) is 0.678. The number of nitrogens with one attached hydrogen (secondary N) is 1. The summed E-state index contributed by atoms with van der Waals surface area (Å²) in [4.78, 5) is 23.8. The van der Waals surface area contributed by atoms with Crippen LogP contribution < -0.4 is 5.32 Å². The Bertz CT molecular complexity index is 754. The van der Waals surface area contributed by atoms with Crippen molar-refractivity contribution < 1.29 is 4.79 Å². The van der Waals surface area contributed by atoms with Gasteiger partial charge < -0.3 is 5.32 Å². The fourth-order valence-corrected chi connectivity index (χ4v) is 5.47. The van der Waals surface area contributed by atoms with Crippen molar-refractivity contribution in [1.82, 2.24) is 15.3 Å². The summed E-state index contributed by atoms with van der Waals surface area (Å²) in [5.41, 5.74) is 1.43. The van der Waals surface area contributed by atoms with Crippen molar-refractivity contribution >= 4 is 39.2 Å². The lowest BCUT2D eigenvalue weighted by molar-refractivity contribution is -0.120. The Balaban J connectivity index is 1.63. The SMILES string of the molecule is C[C@@H]1CCc2c(sc3ncnc(S[C@H](C)C(=O)NC4CC4)c23)C1. The number of rotatable bonds is 4. The Labute approximate surface area is 144 Å². The van der Waals surface area contributed by atoms with E-state index in [4.69, 9.17) is 0 Å². The number of carbonyl (C=O) groups excluding carboxylic acids is 1. The van der Waals surface area contributed by atoms with Crippen LogP contribution in [-0.4, -0.2) is 27.2 Å². The lowest BCUT2D eigenvalue weighted by Crippen LogP contribution is -2.32. The molecule has 0 aromatic carbocycles. The molecule has 2 heterocycles. The molecule has 0 radical (unpaired) electrons. The van der Waals surface area contributed by atoms with Crippen LogP contribution in [0.5, 0.6) is 0 Å². The predicted molar refractivity (Wildman–Crippen MR) is 95.1 cm³/mol. The minimum Gasteiger partial charge on any atom is -0.352 e. The molecule has 6 heteroatoms. The number of fused-ring (bicyclic) bond motifs is 3. The summed E-state index contributed by atoms with van der Waals surface area (Å²) >= 11 is 3.38. The van der Waals surface area contributed by atoms with Gasteiger partial charge in [0.1, 0.15) is 16.2 Å². The van der Waals surface area contributed by atoms with Crippen LogP contribution in [0.2, 0.25) is 0 Å². The molecule has 23 heavy (non-hydrogen) atoms. The van der Waals surface area contributed by atoms with Gasteiger partial charge in [-0.25, -0.2) is 9.97 Å². The smallest absolute Gasteiger partial charge is 0.233 e. The Morgan fingerprint density at radius 3 is 3.00 bits per heavy atom. The highest BCUT2D eigenvalue weighted by Crippen LogP contribution is 2.41. The number of aryl methyl sites for hydroxylation is 1. The molecular weight excluding hydrogens is 326 g/mol. The van der Waals surface area contributed by atoms with Gasteiger partial charge in [0, 0.05) is 16.3 Å². The zero-order valence-electron chi connectivity index (χ0n) is 13.5. The van der Waals surface area contributed by atoms with E-state index in [0.717, 1.165) is 41.5 Å². The van der Waals surface area contributed by atoms with Crippen molar-refractivity contribution in [3.63, 3.8) is 0 Å². The van der Waals surface area contributed by atoms with Gasteiger partial charge in [0.15, 0.2) is 0 Å². The second kappa shape index (κ2) is 6.06. The van der Waals surface area contributed by atoms with Crippen LogP contribution in [-0.2, 0) is 17.6 Å². The van der Waals surface area contributed by atoms with Gasteiger partial charge in [-0.1, -0.05) is 18.7 Å². The second-order valence-electron chi connectivity index (χ2n) is 6.75. The highest BCUT2D eigenvalue weighted by molar-refractivity contribution is 8.00. The van der Waals surface area contributed by atoms with Crippen LogP contribution in [0.25, 0.3) is 10.2 Å². The molecule has 4 nitrogen and oxygen atoms in total. The number of hydrogen-bond acceptors (Lipinski definition) is 5. The molecule has 1 N–H and O–H groups in total. The predicted octanol–water partition coefficient (Wildman–Crippen LogP) is 3.58. The van der Waals surface area contributed by atoms with Crippen molar-refractivity contribution in [2.75, 3.05) is 0 Å². The maximum Gasteiger partial charge on any atom is 0.233 e. The Morgan fingerprint density at radius 1 is 1.39 bits per heavy atom. The van der Waals surface area contributed by atoms with E-state index < -0.39 is 0 Å². The number of nitrogens with zero attached hydrogens (tertiary/aromatic N) is 2. The summed E-state index contributed by atoms with van der Waals surface area (Å²) in [7, 11) is 0. The normalized spacial score (nSPS) is 21.9. The van der Waals surface area contributed by atoms with Crippen molar-refractivity contribution in [2.45, 2.75) is 62.3 Å². The van der Waals surface area contributed by atoms with Gasteiger partial charge in [0.25, 0.3) is 0 Å². The lowest BCUT2D eigenvalue weighted by atomic mass is 9.89. The van der Waals surface area contributed by atoms with E-state index in [1.54, 1.807) is 18.1 Å².